The number of amides is 1. The van der Waals surface area contributed by atoms with Crippen molar-refractivity contribution in [2.75, 3.05) is 19.6 Å². The van der Waals surface area contributed by atoms with Gasteiger partial charge in [-0.1, -0.05) is 6.08 Å². The highest BCUT2D eigenvalue weighted by atomic mass is 16.4. The highest BCUT2D eigenvalue weighted by Crippen LogP contribution is 2.19. The molecule has 1 heterocycles. The maximum absolute atomic E-state index is 10.7. The second-order valence-corrected chi connectivity index (χ2v) is 4.16. The van der Waals surface area contributed by atoms with Crippen molar-refractivity contribution in [2.24, 2.45) is 11.7 Å². The van der Waals surface area contributed by atoms with E-state index in [9.17, 15) is 9.59 Å². The minimum Gasteiger partial charge on any atom is -0.478 e. The average molecular weight is 226 g/mol. The van der Waals surface area contributed by atoms with Crippen molar-refractivity contribution >= 4 is 11.9 Å². The smallest absolute Gasteiger partial charge is 0.328 e. The van der Waals surface area contributed by atoms with E-state index in [4.69, 9.17) is 10.8 Å². The molecule has 5 nitrogen and oxygen atoms in total. The summed E-state index contributed by atoms with van der Waals surface area (Å²) in [5, 5.41) is 8.43. The Balaban J connectivity index is 2.21. The molecule has 1 aliphatic heterocycles. The van der Waals surface area contributed by atoms with Gasteiger partial charge in [0.05, 0.1) is 0 Å². The predicted octanol–water partition coefficient (Wildman–Crippen LogP) is 0.215. The van der Waals surface area contributed by atoms with Crippen LogP contribution in [0.1, 0.15) is 19.3 Å². The van der Waals surface area contributed by atoms with E-state index in [1.54, 1.807) is 6.08 Å². The number of hydrogen-bond acceptors (Lipinski definition) is 3. The van der Waals surface area contributed by atoms with Crippen molar-refractivity contribution < 1.29 is 14.7 Å². The summed E-state index contributed by atoms with van der Waals surface area (Å²) in [5.41, 5.74) is 5.14. The number of aliphatic carboxylic acids is 1. The Morgan fingerprint density at radius 1 is 1.38 bits per heavy atom. The van der Waals surface area contributed by atoms with E-state index in [2.05, 4.69) is 4.90 Å². The number of carbonyl (C=O) groups excluding carboxylic acids is 1. The van der Waals surface area contributed by atoms with Crippen LogP contribution in [-0.4, -0.2) is 41.5 Å². The Morgan fingerprint density at radius 3 is 2.50 bits per heavy atom. The number of carbonyl (C=O) groups is 2. The van der Waals surface area contributed by atoms with E-state index in [0.29, 0.717) is 18.9 Å². The van der Waals surface area contributed by atoms with Gasteiger partial charge >= 0.3 is 5.97 Å². The minimum atomic E-state index is -0.913. The molecule has 1 aliphatic rings. The summed E-state index contributed by atoms with van der Waals surface area (Å²) in [6.45, 7) is 2.47. The summed E-state index contributed by atoms with van der Waals surface area (Å²) in [6, 6.07) is 0. The first kappa shape index (κ1) is 12.7. The van der Waals surface area contributed by atoms with Crippen molar-refractivity contribution in [3.63, 3.8) is 0 Å². The number of rotatable bonds is 5. The first-order valence-corrected chi connectivity index (χ1v) is 5.48. The summed E-state index contributed by atoms with van der Waals surface area (Å²) < 4.78 is 0. The molecule has 16 heavy (non-hydrogen) atoms. The predicted molar refractivity (Wildman–Crippen MR) is 59.8 cm³/mol. The van der Waals surface area contributed by atoms with Crippen LogP contribution in [-0.2, 0) is 9.59 Å². The second kappa shape index (κ2) is 6.27. The van der Waals surface area contributed by atoms with Crippen molar-refractivity contribution in [1.82, 2.24) is 4.90 Å². The lowest BCUT2D eigenvalue weighted by Gasteiger charge is -2.30. The zero-order valence-corrected chi connectivity index (χ0v) is 9.26. The number of nitrogens with two attached hydrogens (primary N) is 1. The van der Waals surface area contributed by atoms with Crippen LogP contribution in [0.2, 0.25) is 0 Å². The van der Waals surface area contributed by atoms with Crippen LogP contribution in [0.25, 0.3) is 0 Å². The third-order valence-electron chi connectivity index (χ3n) is 2.82. The molecule has 1 saturated heterocycles. The number of primary amides is 1. The van der Waals surface area contributed by atoms with Crippen LogP contribution in [0, 0.1) is 5.92 Å². The Bertz CT molecular complexity index is 281. The molecule has 0 aliphatic carbocycles. The number of nitrogens with zero attached hydrogens (tertiary/aromatic N) is 1. The molecular formula is C11H18N2O3. The van der Waals surface area contributed by atoms with Gasteiger partial charge in [0.25, 0.3) is 0 Å². The fourth-order valence-electron chi connectivity index (χ4n) is 1.96. The summed E-state index contributed by atoms with van der Waals surface area (Å²) in [6.07, 6.45) is 5.21. The standard InChI is InChI=1S/C11H18N2O3/c12-10(14)8-9-3-6-13(7-4-9)5-1-2-11(15)16/h1-2,9H,3-8H2,(H2,12,14)(H,15,16). The minimum absolute atomic E-state index is 0.232. The van der Waals surface area contributed by atoms with Crippen LogP contribution in [0.15, 0.2) is 12.2 Å². The maximum atomic E-state index is 10.7. The summed E-state index contributed by atoms with van der Waals surface area (Å²) >= 11 is 0. The van der Waals surface area contributed by atoms with Crippen molar-refractivity contribution in [3.05, 3.63) is 12.2 Å². The van der Waals surface area contributed by atoms with Crippen molar-refractivity contribution in [2.45, 2.75) is 19.3 Å². The van der Waals surface area contributed by atoms with Gasteiger partial charge in [0.1, 0.15) is 0 Å². The van der Waals surface area contributed by atoms with Crippen LogP contribution in [0.3, 0.4) is 0 Å². The van der Waals surface area contributed by atoms with Gasteiger partial charge in [0.15, 0.2) is 0 Å². The maximum Gasteiger partial charge on any atom is 0.328 e. The first-order valence-electron chi connectivity index (χ1n) is 5.48. The van der Waals surface area contributed by atoms with Crippen LogP contribution in [0.4, 0.5) is 0 Å². The molecule has 5 heteroatoms. The molecule has 90 valence electrons. The lowest BCUT2D eigenvalue weighted by atomic mass is 9.93. The quantitative estimate of drug-likeness (QED) is 0.657. The van der Waals surface area contributed by atoms with E-state index in [0.717, 1.165) is 32.0 Å². The Labute approximate surface area is 94.9 Å². The zero-order chi connectivity index (χ0) is 12.0. The van der Waals surface area contributed by atoms with Crippen LogP contribution in [0.5, 0.6) is 0 Å². The molecule has 1 amide bonds. The van der Waals surface area contributed by atoms with Gasteiger partial charge in [-0.3, -0.25) is 9.69 Å². The van der Waals surface area contributed by atoms with Gasteiger partial charge in [-0.2, -0.15) is 0 Å². The Morgan fingerprint density at radius 2 is 2.00 bits per heavy atom. The van der Waals surface area contributed by atoms with Gasteiger partial charge in [-0.25, -0.2) is 4.79 Å². The van der Waals surface area contributed by atoms with Gasteiger partial charge in [0.2, 0.25) is 5.91 Å². The van der Waals surface area contributed by atoms with Gasteiger partial charge < -0.3 is 10.8 Å². The number of likely N-dealkylation sites (tertiary alicyclic amines) is 1. The van der Waals surface area contributed by atoms with E-state index < -0.39 is 5.97 Å². The molecule has 0 radical (unpaired) electrons. The van der Waals surface area contributed by atoms with Gasteiger partial charge in [0, 0.05) is 19.0 Å². The van der Waals surface area contributed by atoms with Crippen molar-refractivity contribution in [1.29, 1.82) is 0 Å². The molecule has 3 N–H and O–H groups in total. The normalized spacial score (nSPS) is 19.0. The summed E-state index contributed by atoms with van der Waals surface area (Å²) in [4.78, 5) is 23.2. The van der Waals surface area contributed by atoms with E-state index in [1.807, 2.05) is 0 Å². The van der Waals surface area contributed by atoms with E-state index in [-0.39, 0.29) is 5.91 Å². The van der Waals surface area contributed by atoms with E-state index >= 15 is 0 Å². The third kappa shape index (κ3) is 4.93. The molecule has 1 rings (SSSR count). The zero-order valence-electron chi connectivity index (χ0n) is 9.26. The summed E-state index contributed by atoms with van der Waals surface area (Å²) in [5.74, 6) is -0.745. The number of piperidine rings is 1. The van der Waals surface area contributed by atoms with Crippen LogP contribution >= 0.6 is 0 Å². The fourth-order valence-corrected chi connectivity index (χ4v) is 1.96. The number of carboxylic acid groups (broad SMARTS) is 1. The molecule has 0 aromatic carbocycles. The molecule has 0 saturated carbocycles. The topological polar surface area (TPSA) is 83.6 Å². The molecule has 0 aromatic heterocycles. The van der Waals surface area contributed by atoms with Crippen LogP contribution < -0.4 is 5.73 Å². The molecule has 0 bridgehead atoms. The van der Waals surface area contributed by atoms with Gasteiger partial charge in [-0.15, -0.1) is 0 Å². The monoisotopic (exact) mass is 226 g/mol. The lowest BCUT2D eigenvalue weighted by Crippen LogP contribution is -2.35. The SMILES string of the molecule is NC(=O)CC1CCN(CC=CC(=O)O)CC1. The molecular weight excluding hydrogens is 208 g/mol. The average Bonchev–Trinajstić information content (AvgIpc) is 2.19. The van der Waals surface area contributed by atoms with E-state index in [1.165, 1.54) is 0 Å². The highest BCUT2D eigenvalue weighted by Gasteiger charge is 2.19. The lowest BCUT2D eigenvalue weighted by molar-refractivity contribution is -0.131. The second-order valence-electron chi connectivity index (χ2n) is 4.16. The molecule has 1 fully saturated rings. The third-order valence-corrected chi connectivity index (χ3v) is 2.82. The van der Waals surface area contributed by atoms with Crippen molar-refractivity contribution in [3.8, 4) is 0 Å². The Hall–Kier alpha value is -1.36. The first-order chi connectivity index (χ1) is 7.58. The van der Waals surface area contributed by atoms with Gasteiger partial charge in [-0.05, 0) is 31.8 Å². The summed E-state index contributed by atoms with van der Waals surface area (Å²) in [7, 11) is 0. The molecule has 0 spiro atoms. The Kier molecular flexibility index (Phi) is 4.98. The highest BCUT2D eigenvalue weighted by molar-refractivity contribution is 5.79. The molecule has 0 atom stereocenters. The largest absolute Gasteiger partial charge is 0.478 e. The fraction of sp³-hybridized carbons (Fsp3) is 0.636. The number of hydrogen-bond donors (Lipinski definition) is 2. The number of carboxylic acids is 1. The molecule has 0 aromatic rings. The molecule has 0 unspecified atom stereocenters.